The van der Waals surface area contributed by atoms with E-state index in [0.717, 1.165) is 30.2 Å². The van der Waals surface area contributed by atoms with Gasteiger partial charge in [-0.15, -0.1) is 0 Å². The van der Waals surface area contributed by atoms with Crippen LogP contribution in [0.3, 0.4) is 0 Å². The number of amides is 1. The van der Waals surface area contributed by atoms with Crippen LogP contribution >= 0.6 is 0 Å². The maximum atomic E-state index is 13.3. The smallest absolute Gasteiger partial charge is 0.295 e. The van der Waals surface area contributed by atoms with Crippen LogP contribution in [0, 0.1) is 0 Å². The second-order valence-corrected chi connectivity index (χ2v) is 11.6. The Hall–Kier alpha value is -3.21. The third kappa shape index (κ3) is 5.41. The maximum absolute atomic E-state index is 13.3. The number of piperidine rings is 1. The third-order valence-corrected chi connectivity index (χ3v) is 8.81. The first-order valence-corrected chi connectivity index (χ1v) is 13.8. The monoisotopic (exact) mass is 527 g/mol. The van der Waals surface area contributed by atoms with Crippen LogP contribution in [0.15, 0.2) is 59.0 Å². The van der Waals surface area contributed by atoms with Gasteiger partial charge < -0.3 is 19.6 Å². The molecule has 2 aliphatic heterocycles. The SMILES string of the molecule is COc1ccc(C2/C(=C(\O)c3ccc(S(=O)(=O)N(C)C)cc3)C(=O)C(=O)N2CCN2CCCCC2)cc1. The number of aliphatic hydroxyl groups is 1. The molecule has 2 heterocycles. The van der Waals surface area contributed by atoms with Gasteiger partial charge in [0.15, 0.2) is 0 Å². The van der Waals surface area contributed by atoms with Crippen molar-refractivity contribution in [2.24, 2.45) is 0 Å². The Morgan fingerprint density at radius 2 is 1.59 bits per heavy atom. The number of rotatable bonds is 8. The van der Waals surface area contributed by atoms with Crippen LogP contribution < -0.4 is 4.74 Å². The minimum Gasteiger partial charge on any atom is -0.507 e. The predicted octanol–water partition coefficient (Wildman–Crippen LogP) is 2.85. The number of carbonyl (C=O) groups excluding carboxylic acids is 2. The Labute approximate surface area is 218 Å². The first-order valence-electron chi connectivity index (χ1n) is 12.3. The van der Waals surface area contributed by atoms with Gasteiger partial charge in [0, 0.05) is 32.7 Å². The number of Topliss-reactive ketones (excluding diaryl/α,β-unsaturated/α-hetero) is 1. The molecular weight excluding hydrogens is 494 g/mol. The van der Waals surface area contributed by atoms with Crippen molar-refractivity contribution >= 4 is 27.5 Å². The number of aliphatic hydroxyl groups excluding tert-OH is 1. The molecular formula is C27H33N3O6S. The standard InChI is InChI=1S/C27H33N3O6S/c1-28(2)37(34,35)22-13-9-20(10-14-22)25(31)23-24(19-7-11-21(36-3)12-8-19)30(27(33)26(23)32)18-17-29-15-5-4-6-16-29/h7-14,24,31H,4-6,15-18H2,1-3H3/b25-23+. The lowest BCUT2D eigenvalue weighted by Crippen LogP contribution is -2.39. The quantitative estimate of drug-likeness (QED) is 0.320. The summed E-state index contributed by atoms with van der Waals surface area (Å²) in [6.07, 6.45) is 3.42. The molecule has 10 heteroatoms. The van der Waals surface area contributed by atoms with Gasteiger partial charge in [-0.3, -0.25) is 9.59 Å². The molecule has 1 atom stereocenters. The van der Waals surface area contributed by atoms with E-state index in [-0.39, 0.29) is 21.8 Å². The van der Waals surface area contributed by atoms with Crippen LogP contribution in [0.25, 0.3) is 5.76 Å². The Balaban J connectivity index is 1.73. The molecule has 0 bridgehead atoms. The van der Waals surface area contributed by atoms with Crippen molar-refractivity contribution in [3.05, 3.63) is 65.2 Å². The molecule has 1 unspecified atom stereocenters. The number of hydrogen-bond acceptors (Lipinski definition) is 7. The molecule has 2 saturated heterocycles. The van der Waals surface area contributed by atoms with E-state index < -0.39 is 27.8 Å². The number of carbonyl (C=O) groups is 2. The normalized spacial score (nSPS) is 20.5. The lowest BCUT2D eigenvalue weighted by atomic mass is 9.95. The van der Waals surface area contributed by atoms with Gasteiger partial charge in [-0.2, -0.15) is 0 Å². The Morgan fingerprint density at radius 1 is 0.973 bits per heavy atom. The van der Waals surface area contributed by atoms with E-state index in [2.05, 4.69) is 4.90 Å². The van der Waals surface area contributed by atoms with Crippen LogP contribution in [0.1, 0.15) is 36.4 Å². The van der Waals surface area contributed by atoms with E-state index in [1.54, 1.807) is 31.4 Å². The van der Waals surface area contributed by atoms with Crippen molar-refractivity contribution in [3.63, 3.8) is 0 Å². The van der Waals surface area contributed by atoms with Gasteiger partial charge in [0.25, 0.3) is 11.7 Å². The third-order valence-electron chi connectivity index (χ3n) is 6.98. The molecule has 4 rings (SSSR count). The van der Waals surface area contributed by atoms with Gasteiger partial charge in [-0.25, -0.2) is 12.7 Å². The number of benzene rings is 2. The Kier molecular flexibility index (Phi) is 8.01. The fourth-order valence-electron chi connectivity index (χ4n) is 4.83. The highest BCUT2D eigenvalue weighted by molar-refractivity contribution is 7.89. The highest BCUT2D eigenvalue weighted by Crippen LogP contribution is 2.40. The van der Waals surface area contributed by atoms with E-state index >= 15 is 0 Å². The molecule has 0 spiro atoms. The largest absolute Gasteiger partial charge is 0.507 e. The van der Waals surface area contributed by atoms with Crippen LogP contribution in [0.2, 0.25) is 0 Å². The number of hydrogen-bond donors (Lipinski definition) is 1. The van der Waals surface area contributed by atoms with E-state index in [1.807, 2.05) is 0 Å². The summed E-state index contributed by atoms with van der Waals surface area (Å²) in [5, 5.41) is 11.3. The second-order valence-electron chi connectivity index (χ2n) is 9.48. The summed E-state index contributed by atoms with van der Waals surface area (Å²) in [5.74, 6) is -1.13. The highest BCUT2D eigenvalue weighted by Gasteiger charge is 2.46. The zero-order valence-electron chi connectivity index (χ0n) is 21.4. The van der Waals surface area contributed by atoms with Crippen molar-refractivity contribution < 1.29 is 27.9 Å². The summed E-state index contributed by atoms with van der Waals surface area (Å²) in [7, 11) is 0.768. The Bertz CT molecular complexity index is 1280. The summed E-state index contributed by atoms with van der Waals surface area (Å²) >= 11 is 0. The second kappa shape index (κ2) is 11.0. The van der Waals surface area contributed by atoms with Gasteiger partial charge in [0.2, 0.25) is 10.0 Å². The summed E-state index contributed by atoms with van der Waals surface area (Å²) in [5.41, 5.74) is 0.911. The van der Waals surface area contributed by atoms with Crippen molar-refractivity contribution in [3.8, 4) is 5.75 Å². The Morgan fingerprint density at radius 3 is 2.16 bits per heavy atom. The van der Waals surface area contributed by atoms with Gasteiger partial charge >= 0.3 is 0 Å². The number of likely N-dealkylation sites (tertiary alicyclic amines) is 2. The predicted molar refractivity (Wildman–Crippen MR) is 140 cm³/mol. The van der Waals surface area contributed by atoms with Crippen LogP contribution in [0.4, 0.5) is 0 Å². The lowest BCUT2D eigenvalue weighted by Gasteiger charge is -2.31. The van der Waals surface area contributed by atoms with Crippen LogP contribution in [0.5, 0.6) is 5.75 Å². The number of ketones is 1. The van der Waals surface area contributed by atoms with Gasteiger partial charge in [-0.1, -0.05) is 18.6 Å². The fraction of sp³-hybridized carbons (Fsp3) is 0.407. The van der Waals surface area contributed by atoms with Crippen molar-refractivity contribution in [2.75, 3.05) is 47.4 Å². The van der Waals surface area contributed by atoms with Crippen molar-refractivity contribution in [2.45, 2.75) is 30.2 Å². The van der Waals surface area contributed by atoms with Gasteiger partial charge in [-0.05, 0) is 67.9 Å². The topological polar surface area (TPSA) is 107 Å². The number of ether oxygens (including phenoxy) is 1. The zero-order valence-corrected chi connectivity index (χ0v) is 22.2. The number of nitrogens with zero attached hydrogens (tertiary/aromatic N) is 3. The average molecular weight is 528 g/mol. The molecule has 0 aromatic heterocycles. The number of sulfonamides is 1. The first kappa shape index (κ1) is 26.8. The molecule has 0 saturated carbocycles. The molecule has 2 fully saturated rings. The van der Waals surface area contributed by atoms with Gasteiger partial charge in [0.1, 0.15) is 11.5 Å². The van der Waals surface area contributed by atoms with Crippen LogP contribution in [-0.2, 0) is 19.6 Å². The number of methoxy groups -OCH3 is 1. The molecule has 0 aliphatic carbocycles. The highest BCUT2D eigenvalue weighted by atomic mass is 32.2. The van der Waals surface area contributed by atoms with E-state index in [1.165, 1.54) is 49.7 Å². The fourth-order valence-corrected chi connectivity index (χ4v) is 5.73. The summed E-state index contributed by atoms with van der Waals surface area (Å²) in [4.78, 5) is 30.3. The molecule has 2 aromatic rings. The first-order chi connectivity index (χ1) is 17.6. The molecule has 37 heavy (non-hydrogen) atoms. The van der Waals surface area contributed by atoms with Crippen molar-refractivity contribution in [1.29, 1.82) is 0 Å². The van der Waals surface area contributed by atoms with Crippen LogP contribution in [-0.4, -0.2) is 86.7 Å². The molecule has 9 nitrogen and oxygen atoms in total. The van der Waals surface area contributed by atoms with E-state index in [4.69, 9.17) is 4.74 Å². The molecule has 2 aliphatic rings. The summed E-state index contributed by atoms with van der Waals surface area (Å²) in [6.45, 7) is 2.90. The molecule has 2 aromatic carbocycles. The van der Waals surface area contributed by atoms with Gasteiger partial charge in [0.05, 0.1) is 23.6 Å². The maximum Gasteiger partial charge on any atom is 0.295 e. The van der Waals surface area contributed by atoms with E-state index in [9.17, 15) is 23.1 Å². The summed E-state index contributed by atoms with van der Waals surface area (Å²) < 4.78 is 31.2. The molecule has 0 radical (unpaired) electrons. The lowest BCUT2D eigenvalue weighted by molar-refractivity contribution is -0.140. The van der Waals surface area contributed by atoms with Crippen molar-refractivity contribution in [1.82, 2.24) is 14.1 Å². The average Bonchev–Trinajstić information content (AvgIpc) is 3.17. The molecule has 198 valence electrons. The summed E-state index contributed by atoms with van der Waals surface area (Å²) in [6, 6.07) is 11.9. The van der Waals surface area contributed by atoms with E-state index in [0.29, 0.717) is 24.4 Å². The molecule has 1 N–H and O–H groups in total. The minimum atomic E-state index is -3.66. The minimum absolute atomic E-state index is 0.0166. The zero-order chi connectivity index (χ0) is 26.7. The molecule has 1 amide bonds.